The number of nitrogens with one attached hydrogen (secondary N) is 1. The molecule has 1 aliphatic rings. The standard InChI is InChI=1S/C18H18F2N2O5S2/c19-14-4-3-13(10-15(14)20)21-16(23)11-27-18(24)12-5-7-22(8-6-12)29(25,26)17-2-1-9-28-17/h1-4,9-10,12H,5-8,11H2,(H,21,23). The second-order valence-corrected chi connectivity index (χ2v) is 9.51. The number of nitrogens with zero attached hydrogens (tertiary/aromatic N) is 1. The van der Waals surface area contributed by atoms with Crippen LogP contribution in [0, 0.1) is 17.6 Å². The maximum absolute atomic E-state index is 13.1. The highest BCUT2D eigenvalue weighted by molar-refractivity contribution is 7.91. The Hall–Kier alpha value is -2.37. The molecule has 0 bridgehead atoms. The third kappa shape index (κ3) is 5.17. The Bertz CT molecular complexity index is 988. The van der Waals surface area contributed by atoms with Gasteiger partial charge in [-0.1, -0.05) is 6.07 Å². The molecule has 1 N–H and O–H groups in total. The number of carbonyl (C=O) groups excluding carboxylic acids is 2. The number of halogens is 2. The number of thiophene rings is 1. The maximum atomic E-state index is 13.1. The molecule has 0 saturated carbocycles. The van der Waals surface area contributed by atoms with E-state index in [2.05, 4.69) is 5.32 Å². The molecule has 1 fully saturated rings. The zero-order valence-electron chi connectivity index (χ0n) is 15.1. The van der Waals surface area contributed by atoms with Gasteiger partial charge in [0, 0.05) is 24.8 Å². The fourth-order valence-electron chi connectivity index (χ4n) is 2.89. The van der Waals surface area contributed by atoms with Gasteiger partial charge < -0.3 is 10.1 Å². The third-order valence-electron chi connectivity index (χ3n) is 4.43. The number of anilines is 1. The lowest BCUT2D eigenvalue weighted by Crippen LogP contribution is -2.40. The highest BCUT2D eigenvalue weighted by Gasteiger charge is 2.33. The predicted molar refractivity (Wildman–Crippen MR) is 102 cm³/mol. The van der Waals surface area contributed by atoms with Crippen molar-refractivity contribution in [3.05, 3.63) is 47.3 Å². The summed E-state index contributed by atoms with van der Waals surface area (Å²) in [6, 6.07) is 6.06. The summed E-state index contributed by atoms with van der Waals surface area (Å²) < 4.78 is 57.5. The molecule has 0 radical (unpaired) electrons. The van der Waals surface area contributed by atoms with Crippen LogP contribution in [0.5, 0.6) is 0 Å². The van der Waals surface area contributed by atoms with E-state index in [9.17, 15) is 26.8 Å². The second-order valence-electron chi connectivity index (χ2n) is 6.40. The van der Waals surface area contributed by atoms with E-state index in [0.29, 0.717) is 0 Å². The third-order valence-corrected chi connectivity index (χ3v) is 7.70. The van der Waals surface area contributed by atoms with Gasteiger partial charge in [0.1, 0.15) is 4.21 Å². The van der Waals surface area contributed by atoms with Gasteiger partial charge in [-0.05, 0) is 36.4 Å². The molecule has 2 aromatic rings. The van der Waals surface area contributed by atoms with Crippen molar-refractivity contribution >= 4 is 38.9 Å². The summed E-state index contributed by atoms with van der Waals surface area (Å²) in [5.74, 6) is -3.95. The Morgan fingerprint density at radius 1 is 1.17 bits per heavy atom. The Balaban J connectivity index is 1.46. The lowest BCUT2D eigenvalue weighted by molar-refractivity contribution is -0.152. The summed E-state index contributed by atoms with van der Waals surface area (Å²) >= 11 is 1.13. The Morgan fingerprint density at radius 3 is 2.52 bits per heavy atom. The quantitative estimate of drug-likeness (QED) is 0.692. The average Bonchev–Trinajstić information content (AvgIpc) is 3.25. The highest BCUT2D eigenvalue weighted by atomic mass is 32.2. The molecule has 29 heavy (non-hydrogen) atoms. The minimum Gasteiger partial charge on any atom is -0.455 e. The minimum atomic E-state index is -3.56. The van der Waals surface area contributed by atoms with Crippen LogP contribution in [-0.2, 0) is 24.3 Å². The predicted octanol–water partition coefficient (Wildman–Crippen LogP) is 2.61. The van der Waals surface area contributed by atoms with Gasteiger partial charge in [0.2, 0.25) is 0 Å². The first-order chi connectivity index (χ1) is 13.8. The fraction of sp³-hybridized carbons (Fsp3) is 0.333. The molecule has 0 spiro atoms. The van der Waals surface area contributed by atoms with Gasteiger partial charge in [-0.3, -0.25) is 9.59 Å². The summed E-state index contributed by atoms with van der Waals surface area (Å²) in [4.78, 5) is 24.0. The number of amides is 1. The summed E-state index contributed by atoms with van der Waals surface area (Å²) in [6.07, 6.45) is 0.572. The summed E-state index contributed by atoms with van der Waals surface area (Å²) in [6.45, 7) is -0.215. The zero-order valence-corrected chi connectivity index (χ0v) is 16.8. The van der Waals surface area contributed by atoms with Crippen molar-refractivity contribution in [1.29, 1.82) is 0 Å². The molecular weight excluding hydrogens is 426 g/mol. The lowest BCUT2D eigenvalue weighted by atomic mass is 9.98. The van der Waals surface area contributed by atoms with Crippen LogP contribution in [-0.4, -0.2) is 44.3 Å². The summed E-state index contributed by atoms with van der Waals surface area (Å²) in [7, 11) is -3.56. The van der Waals surface area contributed by atoms with Crippen molar-refractivity contribution in [3.63, 3.8) is 0 Å². The molecule has 11 heteroatoms. The number of esters is 1. The van der Waals surface area contributed by atoms with Crippen LogP contribution >= 0.6 is 11.3 Å². The van der Waals surface area contributed by atoms with Crippen LogP contribution in [0.2, 0.25) is 0 Å². The molecule has 1 aliphatic heterocycles. The van der Waals surface area contributed by atoms with Crippen molar-refractivity contribution in [2.45, 2.75) is 17.1 Å². The average molecular weight is 444 g/mol. The van der Waals surface area contributed by atoms with Gasteiger partial charge in [-0.25, -0.2) is 17.2 Å². The van der Waals surface area contributed by atoms with Crippen LogP contribution in [0.25, 0.3) is 0 Å². The minimum absolute atomic E-state index is 0.0389. The Labute approximate surface area is 170 Å². The van der Waals surface area contributed by atoms with E-state index in [1.54, 1.807) is 11.4 Å². The number of carbonyl (C=O) groups is 2. The van der Waals surface area contributed by atoms with E-state index >= 15 is 0 Å². The zero-order chi connectivity index (χ0) is 21.0. The number of hydrogen-bond donors (Lipinski definition) is 1. The molecule has 0 unspecified atom stereocenters. The summed E-state index contributed by atoms with van der Waals surface area (Å²) in [5.41, 5.74) is 0.0389. The molecule has 0 atom stereocenters. The van der Waals surface area contributed by atoms with Crippen LogP contribution in [0.15, 0.2) is 39.9 Å². The molecule has 1 aromatic heterocycles. The van der Waals surface area contributed by atoms with E-state index in [-0.39, 0.29) is 35.8 Å². The van der Waals surface area contributed by atoms with Crippen molar-refractivity contribution in [1.82, 2.24) is 4.31 Å². The number of hydrogen-bond acceptors (Lipinski definition) is 6. The first-order valence-corrected chi connectivity index (χ1v) is 11.0. The number of sulfonamides is 1. The van der Waals surface area contributed by atoms with Gasteiger partial charge in [-0.15, -0.1) is 11.3 Å². The summed E-state index contributed by atoms with van der Waals surface area (Å²) in [5, 5.41) is 3.98. The van der Waals surface area contributed by atoms with E-state index < -0.39 is 46.1 Å². The maximum Gasteiger partial charge on any atom is 0.309 e. The monoisotopic (exact) mass is 444 g/mol. The van der Waals surface area contributed by atoms with E-state index in [0.717, 1.165) is 23.5 Å². The lowest BCUT2D eigenvalue weighted by Gasteiger charge is -2.29. The van der Waals surface area contributed by atoms with Gasteiger partial charge >= 0.3 is 5.97 Å². The highest BCUT2D eigenvalue weighted by Crippen LogP contribution is 2.26. The van der Waals surface area contributed by atoms with E-state index in [1.165, 1.54) is 16.4 Å². The first kappa shape index (κ1) is 21.3. The van der Waals surface area contributed by atoms with Crippen molar-refractivity contribution in [2.75, 3.05) is 25.0 Å². The van der Waals surface area contributed by atoms with Crippen LogP contribution in [0.1, 0.15) is 12.8 Å². The molecule has 1 amide bonds. The molecule has 0 aliphatic carbocycles. The van der Waals surface area contributed by atoms with Crippen molar-refractivity contribution < 1.29 is 31.5 Å². The van der Waals surface area contributed by atoms with Crippen molar-refractivity contribution in [2.24, 2.45) is 5.92 Å². The second kappa shape index (κ2) is 8.97. The largest absolute Gasteiger partial charge is 0.455 e. The smallest absolute Gasteiger partial charge is 0.309 e. The molecule has 7 nitrogen and oxygen atoms in total. The Morgan fingerprint density at radius 2 is 1.90 bits per heavy atom. The SMILES string of the molecule is O=C(COC(=O)C1CCN(S(=O)(=O)c2cccs2)CC1)Nc1ccc(F)c(F)c1. The van der Waals surface area contributed by atoms with E-state index in [1.807, 2.05) is 0 Å². The number of piperidine rings is 1. The van der Waals surface area contributed by atoms with Crippen LogP contribution in [0.4, 0.5) is 14.5 Å². The molecule has 3 rings (SSSR count). The first-order valence-electron chi connectivity index (χ1n) is 8.72. The number of benzene rings is 1. The Kier molecular flexibility index (Phi) is 6.60. The number of ether oxygens (including phenoxy) is 1. The molecule has 156 valence electrons. The number of rotatable bonds is 6. The molecule has 2 heterocycles. The fourth-order valence-corrected chi connectivity index (χ4v) is 5.51. The van der Waals surface area contributed by atoms with Gasteiger partial charge in [0.15, 0.2) is 18.2 Å². The topological polar surface area (TPSA) is 92.8 Å². The van der Waals surface area contributed by atoms with Crippen LogP contribution < -0.4 is 5.32 Å². The molecule has 1 saturated heterocycles. The molecule has 1 aromatic carbocycles. The van der Waals surface area contributed by atoms with Crippen molar-refractivity contribution in [3.8, 4) is 0 Å². The van der Waals surface area contributed by atoms with Gasteiger partial charge in [0.05, 0.1) is 5.92 Å². The van der Waals surface area contributed by atoms with E-state index in [4.69, 9.17) is 4.74 Å². The van der Waals surface area contributed by atoms with Gasteiger partial charge in [-0.2, -0.15) is 4.31 Å². The van der Waals surface area contributed by atoms with Gasteiger partial charge in [0.25, 0.3) is 15.9 Å². The normalized spacial score (nSPS) is 15.8. The van der Waals surface area contributed by atoms with Crippen LogP contribution in [0.3, 0.4) is 0 Å². The molecular formula is C18H18F2N2O5S2.